The van der Waals surface area contributed by atoms with E-state index in [1.54, 1.807) is 36.2 Å². The number of nitrogens with zero attached hydrogens (tertiary/aromatic N) is 2. The summed E-state index contributed by atoms with van der Waals surface area (Å²) in [5.74, 6) is 1.28. The smallest absolute Gasteiger partial charge is 0.250 e. The van der Waals surface area contributed by atoms with Gasteiger partial charge in [0.25, 0.3) is 0 Å². The third kappa shape index (κ3) is 2.77. The van der Waals surface area contributed by atoms with Gasteiger partial charge in [0.05, 0.1) is 31.4 Å². The number of piperazine rings is 1. The van der Waals surface area contributed by atoms with Gasteiger partial charge in [-0.05, 0) is 49.1 Å². The van der Waals surface area contributed by atoms with E-state index in [0.717, 1.165) is 18.4 Å². The molecule has 0 unspecified atom stereocenters. The van der Waals surface area contributed by atoms with Crippen molar-refractivity contribution in [2.45, 2.75) is 36.8 Å². The predicted molar refractivity (Wildman–Crippen MR) is 113 cm³/mol. The summed E-state index contributed by atoms with van der Waals surface area (Å²) in [4.78, 5) is 30.4. The predicted octanol–water partition coefficient (Wildman–Crippen LogP) is 3.41. The highest BCUT2D eigenvalue weighted by atomic mass is 35.5. The van der Waals surface area contributed by atoms with Crippen molar-refractivity contribution in [2.24, 2.45) is 0 Å². The van der Waals surface area contributed by atoms with Crippen LogP contribution >= 0.6 is 11.6 Å². The van der Waals surface area contributed by atoms with Crippen molar-refractivity contribution in [2.75, 3.05) is 25.7 Å². The number of ether oxygens (including phenoxy) is 2. The molecule has 30 heavy (non-hydrogen) atoms. The molecule has 2 amide bonds. The molecule has 5 rings (SSSR count). The molecule has 156 valence electrons. The fraction of sp³-hybridized carbons (Fsp3) is 0.391. The average Bonchev–Trinajstić information content (AvgIpc) is 3.37. The number of carbonyl (C=O) groups excluding carboxylic acids is 2. The highest BCUT2D eigenvalue weighted by Gasteiger charge is 2.59. The van der Waals surface area contributed by atoms with E-state index < -0.39 is 11.5 Å². The second-order valence-electron chi connectivity index (χ2n) is 8.20. The molecule has 3 fully saturated rings. The molecule has 6 nitrogen and oxygen atoms in total. The van der Waals surface area contributed by atoms with E-state index in [2.05, 4.69) is 0 Å². The normalized spacial score (nSPS) is 23.6. The minimum Gasteiger partial charge on any atom is -0.497 e. The lowest BCUT2D eigenvalue weighted by Crippen LogP contribution is -2.54. The van der Waals surface area contributed by atoms with Crippen molar-refractivity contribution >= 4 is 29.1 Å². The number of fused-ring (bicyclic) bond motifs is 2. The van der Waals surface area contributed by atoms with Crippen LogP contribution in [0, 0.1) is 0 Å². The molecular formula is C23H23ClN2O4. The topological polar surface area (TPSA) is 59.1 Å². The largest absolute Gasteiger partial charge is 0.497 e. The van der Waals surface area contributed by atoms with Crippen LogP contribution in [0.2, 0.25) is 5.02 Å². The van der Waals surface area contributed by atoms with Gasteiger partial charge < -0.3 is 19.3 Å². The molecule has 0 spiro atoms. The van der Waals surface area contributed by atoms with Gasteiger partial charge in [0.1, 0.15) is 17.5 Å². The van der Waals surface area contributed by atoms with Crippen LogP contribution in [0.1, 0.15) is 24.8 Å². The summed E-state index contributed by atoms with van der Waals surface area (Å²) in [5.41, 5.74) is 1.17. The Morgan fingerprint density at radius 1 is 1.10 bits per heavy atom. The molecular weight excluding hydrogens is 404 g/mol. The SMILES string of the molecule is COc1ccc(OC)c(N2C(=O)[C@@H]3C[C@H]2CN3C(=O)C2(c3ccc(Cl)cc3)CC2)c1. The Morgan fingerprint density at radius 2 is 1.83 bits per heavy atom. The van der Waals surface area contributed by atoms with Crippen LogP contribution in [0.25, 0.3) is 0 Å². The summed E-state index contributed by atoms with van der Waals surface area (Å²) in [6, 6.07) is 12.4. The second kappa shape index (κ2) is 6.91. The Balaban J connectivity index is 1.41. The van der Waals surface area contributed by atoms with Crippen LogP contribution in [0.15, 0.2) is 42.5 Å². The van der Waals surface area contributed by atoms with E-state index >= 15 is 0 Å². The van der Waals surface area contributed by atoms with Gasteiger partial charge in [-0.1, -0.05) is 23.7 Å². The Bertz CT molecular complexity index is 1020. The zero-order chi connectivity index (χ0) is 21.0. The number of benzene rings is 2. The molecule has 2 aromatic carbocycles. The van der Waals surface area contributed by atoms with Gasteiger partial charge >= 0.3 is 0 Å². The molecule has 7 heteroatoms. The van der Waals surface area contributed by atoms with Crippen LogP contribution in [-0.2, 0) is 15.0 Å². The second-order valence-corrected chi connectivity index (χ2v) is 8.63. The molecule has 1 aliphatic carbocycles. The number of rotatable bonds is 5. The standard InChI is InChI=1S/C23H23ClN2O4/c1-29-17-7-8-20(30-2)18(12-17)26-16-11-19(21(26)27)25(13-16)22(28)23(9-10-23)14-3-5-15(24)6-4-14/h3-8,12,16,19H,9-11,13H2,1-2H3/t16-,19-/m0/s1. The quantitative estimate of drug-likeness (QED) is 0.735. The fourth-order valence-corrected chi connectivity index (χ4v) is 5.02. The Morgan fingerprint density at radius 3 is 2.43 bits per heavy atom. The van der Waals surface area contributed by atoms with Crippen LogP contribution < -0.4 is 14.4 Å². The molecule has 2 saturated heterocycles. The molecule has 2 heterocycles. The van der Waals surface area contributed by atoms with Gasteiger partial charge in [0.15, 0.2) is 0 Å². The van der Waals surface area contributed by atoms with Crippen LogP contribution in [0.5, 0.6) is 11.5 Å². The van der Waals surface area contributed by atoms with Gasteiger partial charge in [-0.25, -0.2) is 0 Å². The molecule has 2 atom stereocenters. The van der Waals surface area contributed by atoms with Crippen molar-refractivity contribution in [1.82, 2.24) is 4.90 Å². The number of halogens is 1. The van der Waals surface area contributed by atoms with Gasteiger partial charge in [0.2, 0.25) is 11.8 Å². The number of amides is 2. The lowest BCUT2D eigenvalue weighted by molar-refractivity contribution is -0.140. The van der Waals surface area contributed by atoms with Gasteiger partial charge in [-0.15, -0.1) is 0 Å². The van der Waals surface area contributed by atoms with Gasteiger partial charge in [-0.3, -0.25) is 9.59 Å². The van der Waals surface area contributed by atoms with Gasteiger partial charge in [-0.2, -0.15) is 0 Å². The molecule has 0 radical (unpaired) electrons. The summed E-state index contributed by atoms with van der Waals surface area (Å²) in [7, 11) is 3.18. The maximum absolute atomic E-state index is 13.5. The van der Waals surface area contributed by atoms with E-state index in [1.165, 1.54) is 0 Å². The van der Waals surface area contributed by atoms with Crippen molar-refractivity contribution in [1.29, 1.82) is 0 Å². The van der Waals surface area contributed by atoms with Crippen molar-refractivity contribution in [3.63, 3.8) is 0 Å². The minimum atomic E-state index is -0.506. The number of carbonyl (C=O) groups is 2. The first kappa shape index (κ1) is 19.2. The zero-order valence-corrected chi connectivity index (χ0v) is 17.7. The molecule has 2 bridgehead atoms. The van der Waals surface area contributed by atoms with Crippen molar-refractivity contribution in [3.05, 3.63) is 53.1 Å². The Kier molecular flexibility index (Phi) is 4.43. The number of hydrogen-bond donors (Lipinski definition) is 0. The summed E-state index contributed by atoms with van der Waals surface area (Å²) in [6.45, 7) is 0.533. The van der Waals surface area contributed by atoms with E-state index in [-0.39, 0.29) is 17.9 Å². The maximum atomic E-state index is 13.5. The lowest BCUT2D eigenvalue weighted by Gasteiger charge is -2.36. The average molecular weight is 427 g/mol. The van der Waals surface area contributed by atoms with Crippen molar-refractivity contribution in [3.8, 4) is 11.5 Å². The fourth-order valence-electron chi connectivity index (χ4n) is 4.90. The van der Waals surface area contributed by atoms with E-state index in [4.69, 9.17) is 21.1 Å². The first-order valence-electron chi connectivity index (χ1n) is 10.1. The van der Waals surface area contributed by atoms with E-state index in [1.807, 2.05) is 30.3 Å². The molecule has 2 aliphatic heterocycles. The van der Waals surface area contributed by atoms with E-state index in [9.17, 15) is 9.59 Å². The van der Waals surface area contributed by atoms with Gasteiger partial charge in [0, 0.05) is 17.6 Å². The highest BCUT2D eigenvalue weighted by Crippen LogP contribution is 2.52. The summed E-state index contributed by atoms with van der Waals surface area (Å²) < 4.78 is 10.8. The van der Waals surface area contributed by atoms with Crippen molar-refractivity contribution < 1.29 is 19.1 Å². The molecule has 1 saturated carbocycles. The first-order chi connectivity index (χ1) is 14.5. The van der Waals surface area contributed by atoms with Crippen LogP contribution in [0.4, 0.5) is 5.69 Å². The Labute approximate surface area is 180 Å². The van der Waals surface area contributed by atoms with Crippen LogP contribution in [0.3, 0.4) is 0 Å². The number of likely N-dealkylation sites (tertiary alicyclic amines) is 1. The monoisotopic (exact) mass is 426 g/mol. The number of anilines is 1. The third-order valence-electron chi connectivity index (χ3n) is 6.63. The molecule has 3 aliphatic rings. The van der Waals surface area contributed by atoms with E-state index in [0.29, 0.717) is 35.2 Å². The molecule has 0 aromatic heterocycles. The summed E-state index contributed by atoms with van der Waals surface area (Å²) in [5, 5.41) is 0.653. The highest BCUT2D eigenvalue weighted by molar-refractivity contribution is 6.30. The third-order valence-corrected chi connectivity index (χ3v) is 6.88. The maximum Gasteiger partial charge on any atom is 0.250 e. The summed E-state index contributed by atoms with van der Waals surface area (Å²) in [6.07, 6.45) is 2.26. The first-order valence-corrected chi connectivity index (χ1v) is 10.5. The molecule has 2 aromatic rings. The number of methoxy groups -OCH3 is 2. The molecule has 0 N–H and O–H groups in total. The lowest BCUT2D eigenvalue weighted by atomic mass is 9.94. The minimum absolute atomic E-state index is 0.0574. The summed E-state index contributed by atoms with van der Waals surface area (Å²) >= 11 is 6.02. The number of hydrogen-bond acceptors (Lipinski definition) is 4. The van der Waals surface area contributed by atoms with Crippen LogP contribution in [-0.4, -0.2) is 49.6 Å². The Hall–Kier alpha value is -2.73. The zero-order valence-electron chi connectivity index (χ0n) is 16.9.